The van der Waals surface area contributed by atoms with Crippen LogP contribution in [-0.4, -0.2) is 0 Å². The first-order valence-electron chi connectivity index (χ1n) is 3.25. The van der Waals surface area contributed by atoms with Gasteiger partial charge in [0.05, 0.1) is 0 Å². The zero-order chi connectivity index (χ0) is 9.78. The Kier molecular flexibility index (Phi) is 7.80. The van der Waals surface area contributed by atoms with Crippen LogP contribution in [0.2, 0.25) is 0 Å². The molecule has 0 aliphatic carbocycles. The molecule has 0 aromatic carbocycles. The molecule has 13 heavy (non-hydrogen) atoms. The van der Waals surface area contributed by atoms with Gasteiger partial charge in [0.2, 0.25) is 0 Å². The number of hydrogen-bond donors (Lipinski definition) is 0. The fraction of sp³-hybridized carbons (Fsp3) is 0.0769. The Morgan fingerprint density at radius 1 is 0.615 bits per heavy atom. The van der Waals surface area contributed by atoms with E-state index in [0.29, 0.717) is 0 Å². The van der Waals surface area contributed by atoms with Gasteiger partial charge in [0, 0.05) is 0 Å². The van der Waals surface area contributed by atoms with Crippen molar-refractivity contribution in [3.05, 3.63) is 6.42 Å². The third-order valence-electron chi connectivity index (χ3n) is 0.688. The van der Waals surface area contributed by atoms with Gasteiger partial charge in [-0.15, -0.1) is 0 Å². The van der Waals surface area contributed by atoms with E-state index in [-0.39, 0.29) is 0 Å². The Hall–Kier alpha value is -2.42. The summed E-state index contributed by atoms with van der Waals surface area (Å²) in [6, 6.07) is 0. The SMILES string of the molecule is [C+]#CC#CC#CC#CC#CC#CC. The molecule has 0 heteroatoms. The van der Waals surface area contributed by atoms with Crippen molar-refractivity contribution in [2.24, 2.45) is 0 Å². The third-order valence-corrected chi connectivity index (χ3v) is 0.688. The Labute approximate surface area is 79.1 Å². The molecule has 0 unspecified atom stereocenters. The van der Waals surface area contributed by atoms with Gasteiger partial charge >= 0.3 is 78.5 Å². The monoisotopic (exact) mass is 159 g/mol. The Bertz CT molecular complexity index is 498. The summed E-state index contributed by atoms with van der Waals surface area (Å²) in [5.74, 6) is 26.4. The van der Waals surface area contributed by atoms with Crippen LogP contribution in [0.25, 0.3) is 0 Å². The van der Waals surface area contributed by atoms with E-state index in [9.17, 15) is 0 Å². The quantitative estimate of drug-likeness (QED) is 0.359. The molecule has 0 saturated heterocycles. The fourth-order valence-electron chi connectivity index (χ4n) is 0.312. The number of hydrogen-bond acceptors (Lipinski definition) is 0. The summed E-state index contributed by atoms with van der Waals surface area (Å²) in [6.07, 6.45) is 6.43. The zero-order valence-electron chi connectivity index (χ0n) is 7.00. The topological polar surface area (TPSA) is 0 Å². The zero-order valence-corrected chi connectivity index (χ0v) is 7.00. The van der Waals surface area contributed by atoms with Crippen molar-refractivity contribution in [1.29, 1.82) is 0 Å². The average molecular weight is 159 g/mol. The van der Waals surface area contributed by atoms with Gasteiger partial charge in [-0.05, 0) is 0 Å². The van der Waals surface area contributed by atoms with E-state index in [1.54, 1.807) is 6.92 Å². The van der Waals surface area contributed by atoms with Gasteiger partial charge in [0.25, 0.3) is 0 Å². The predicted molar refractivity (Wildman–Crippen MR) is 51.7 cm³/mol. The molecule has 54 valence electrons. The molecule has 0 amide bonds. The summed E-state index contributed by atoms with van der Waals surface area (Å²) in [5, 5.41) is 0. The van der Waals surface area contributed by atoms with Gasteiger partial charge in [-0.2, -0.15) is 0 Å². The van der Waals surface area contributed by atoms with Crippen LogP contribution in [0.4, 0.5) is 0 Å². The van der Waals surface area contributed by atoms with Crippen LogP contribution < -0.4 is 0 Å². The van der Waals surface area contributed by atoms with Crippen LogP contribution in [-0.2, 0) is 0 Å². The molecule has 0 fully saturated rings. The summed E-state index contributed by atoms with van der Waals surface area (Å²) in [5.41, 5.74) is 0. The average Bonchev–Trinajstić information content (AvgIpc) is 2.16. The van der Waals surface area contributed by atoms with Gasteiger partial charge in [-0.1, -0.05) is 0 Å². The van der Waals surface area contributed by atoms with Crippen molar-refractivity contribution in [2.75, 3.05) is 0 Å². The van der Waals surface area contributed by atoms with Gasteiger partial charge in [-0.25, -0.2) is 0 Å². The van der Waals surface area contributed by atoms with E-state index in [0.717, 1.165) is 0 Å². The van der Waals surface area contributed by atoms with Gasteiger partial charge < -0.3 is 0 Å². The van der Waals surface area contributed by atoms with Gasteiger partial charge in [0.15, 0.2) is 0 Å². The summed E-state index contributed by atoms with van der Waals surface area (Å²) >= 11 is 0. The molecule has 0 atom stereocenters. The van der Waals surface area contributed by atoms with Crippen LogP contribution in [0, 0.1) is 71.5 Å². The molecule has 0 aliphatic heterocycles. The molecule has 0 saturated carbocycles. The molecule has 0 aromatic rings. The Morgan fingerprint density at radius 2 is 1.00 bits per heavy atom. The van der Waals surface area contributed by atoms with Crippen molar-refractivity contribution in [3.63, 3.8) is 0 Å². The first kappa shape index (κ1) is 10.6. The van der Waals surface area contributed by atoms with Crippen molar-refractivity contribution in [2.45, 2.75) is 6.92 Å². The molecule has 0 bridgehead atoms. The minimum atomic E-state index is 1.70. The van der Waals surface area contributed by atoms with E-state index in [4.69, 9.17) is 6.42 Å². The van der Waals surface area contributed by atoms with Crippen LogP contribution in [0.1, 0.15) is 6.92 Å². The first-order chi connectivity index (χ1) is 6.41. The van der Waals surface area contributed by atoms with Crippen molar-refractivity contribution in [1.82, 2.24) is 0 Å². The van der Waals surface area contributed by atoms with Crippen LogP contribution in [0.5, 0.6) is 0 Å². The standard InChI is InChI=1S/C13H3/c1-3-5-7-9-11-13-12-10-8-6-4-2/h1H3/q+1. The normalized spacial score (nSPS) is 3.92. The summed E-state index contributed by atoms with van der Waals surface area (Å²) < 4.78 is 0. The molecule has 0 rings (SSSR count). The van der Waals surface area contributed by atoms with Crippen LogP contribution in [0.15, 0.2) is 0 Å². The van der Waals surface area contributed by atoms with Gasteiger partial charge in [0.1, 0.15) is 0 Å². The van der Waals surface area contributed by atoms with Gasteiger partial charge in [-0.3, -0.25) is 0 Å². The second-order valence-corrected chi connectivity index (χ2v) is 1.50. The molecular formula is C13H3+. The summed E-state index contributed by atoms with van der Waals surface area (Å²) in [4.78, 5) is 0. The molecule has 0 radical (unpaired) electrons. The molecular weight excluding hydrogens is 156 g/mol. The van der Waals surface area contributed by atoms with E-state index in [1.807, 2.05) is 5.92 Å². The second-order valence-electron chi connectivity index (χ2n) is 1.50. The molecule has 0 spiro atoms. The Balaban J connectivity index is 4.14. The van der Waals surface area contributed by atoms with Crippen molar-refractivity contribution in [3.8, 4) is 65.1 Å². The molecule has 0 nitrogen and oxygen atoms in total. The van der Waals surface area contributed by atoms with E-state index in [1.165, 1.54) is 0 Å². The molecule has 0 heterocycles. The van der Waals surface area contributed by atoms with E-state index in [2.05, 4.69) is 59.2 Å². The summed E-state index contributed by atoms with van der Waals surface area (Å²) in [7, 11) is 0. The third kappa shape index (κ3) is 9.58. The van der Waals surface area contributed by atoms with Crippen molar-refractivity contribution >= 4 is 0 Å². The van der Waals surface area contributed by atoms with E-state index >= 15 is 0 Å². The Morgan fingerprint density at radius 3 is 1.38 bits per heavy atom. The molecule has 0 aliphatic rings. The first-order valence-corrected chi connectivity index (χ1v) is 3.25. The molecule has 0 N–H and O–H groups in total. The van der Waals surface area contributed by atoms with Crippen LogP contribution >= 0.6 is 0 Å². The number of rotatable bonds is 0. The summed E-state index contributed by atoms with van der Waals surface area (Å²) in [6.45, 7) is 1.70. The van der Waals surface area contributed by atoms with E-state index < -0.39 is 0 Å². The minimum absolute atomic E-state index is 1.70. The fourth-order valence-corrected chi connectivity index (χ4v) is 0.312. The van der Waals surface area contributed by atoms with Crippen LogP contribution in [0.3, 0.4) is 0 Å². The maximum absolute atomic E-state index is 6.43. The molecule has 0 aromatic heterocycles. The predicted octanol–water partition coefficient (Wildman–Crippen LogP) is 0.613. The maximum atomic E-state index is 6.43. The second kappa shape index (κ2) is 9.58. The van der Waals surface area contributed by atoms with Crippen molar-refractivity contribution < 1.29 is 0 Å².